The topological polar surface area (TPSA) is 153 Å². The van der Waals surface area contributed by atoms with Gasteiger partial charge in [0.1, 0.15) is 24.5 Å². The van der Waals surface area contributed by atoms with E-state index in [4.69, 9.17) is 4.74 Å². The maximum absolute atomic E-state index is 12.0. The lowest BCUT2D eigenvalue weighted by molar-refractivity contribution is -0.204. The molecule has 0 radical (unpaired) electrons. The van der Waals surface area contributed by atoms with E-state index in [1.165, 1.54) is 31.5 Å². The Morgan fingerprint density at radius 1 is 1.25 bits per heavy atom. The molecule has 132 valence electrons. The third kappa shape index (κ3) is 4.24. The number of hydrogen-bond acceptors (Lipinski definition) is 8. The molecule has 2 heterocycles. The second kappa shape index (κ2) is 8.13. The summed E-state index contributed by atoms with van der Waals surface area (Å²) in [4.78, 5) is 27.1. The average Bonchev–Trinajstić information content (AvgIpc) is 2.58. The van der Waals surface area contributed by atoms with Crippen LogP contribution in [0.4, 0.5) is 0 Å². The number of amides is 2. The summed E-state index contributed by atoms with van der Waals surface area (Å²) >= 11 is 0. The van der Waals surface area contributed by atoms with Gasteiger partial charge in [0.05, 0.1) is 12.6 Å². The second-order valence-corrected chi connectivity index (χ2v) is 5.32. The first-order chi connectivity index (χ1) is 11.4. The third-order valence-corrected chi connectivity index (χ3v) is 3.57. The molecule has 1 fully saturated rings. The first-order valence-corrected chi connectivity index (χ1v) is 7.29. The molecule has 5 unspecified atom stereocenters. The fourth-order valence-electron chi connectivity index (χ4n) is 2.35. The monoisotopic (exact) mass is 340 g/mol. The van der Waals surface area contributed by atoms with E-state index in [1.807, 2.05) is 0 Å². The lowest BCUT2D eigenvalue weighted by atomic mass is 9.96. The van der Waals surface area contributed by atoms with Gasteiger partial charge in [-0.2, -0.15) is 0 Å². The average molecular weight is 340 g/mol. The van der Waals surface area contributed by atoms with Gasteiger partial charge in [-0.1, -0.05) is 0 Å². The Morgan fingerprint density at radius 3 is 2.50 bits per heavy atom. The van der Waals surface area contributed by atoms with Crippen LogP contribution in [0.2, 0.25) is 0 Å². The molecule has 5 atom stereocenters. The van der Waals surface area contributed by atoms with Gasteiger partial charge in [0.2, 0.25) is 5.91 Å². The highest BCUT2D eigenvalue weighted by Gasteiger charge is 2.44. The number of aromatic nitrogens is 1. The van der Waals surface area contributed by atoms with Crippen molar-refractivity contribution in [1.29, 1.82) is 0 Å². The van der Waals surface area contributed by atoms with E-state index in [9.17, 15) is 24.9 Å². The molecule has 2 rings (SSSR count). The normalized spacial score (nSPS) is 29.8. The zero-order chi connectivity index (χ0) is 17.7. The van der Waals surface area contributed by atoms with Gasteiger partial charge in [-0.05, 0) is 12.1 Å². The molecule has 0 aliphatic carbocycles. The molecule has 0 spiro atoms. The van der Waals surface area contributed by atoms with E-state index in [-0.39, 0.29) is 0 Å². The summed E-state index contributed by atoms with van der Waals surface area (Å²) in [6, 6.07) is 1.97. The van der Waals surface area contributed by atoms with Crippen molar-refractivity contribution in [1.82, 2.24) is 21.2 Å². The Morgan fingerprint density at radius 2 is 1.92 bits per heavy atom. The smallest absolute Gasteiger partial charge is 0.265 e. The Bertz CT molecular complexity index is 572. The van der Waals surface area contributed by atoms with Crippen LogP contribution in [0.15, 0.2) is 24.5 Å². The van der Waals surface area contributed by atoms with Crippen molar-refractivity contribution in [2.45, 2.75) is 37.5 Å². The van der Waals surface area contributed by atoms with Crippen LogP contribution >= 0.6 is 0 Å². The van der Waals surface area contributed by atoms with E-state index in [2.05, 4.69) is 21.2 Å². The zero-order valence-corrected chi connectivity index (χ0v) is 12.9. The summed E-state index contributed by atoms with van der Waals surface area (Å²) in [6.07, 6.45) is -2.01. The Kier molecular flexibility index (Phi) is 6.17. The molecule has 6 N–H and O–H groups in total. The highest BCUT2D eigenvalue weighted by atomic mass is 16.5. The van der Waals surface area contributed by atoms with Crippen molar-refractivity contribution in [2.24, 2.45) is 0 Å². The van der Waals surface area contributed by atoms with Gasteiger partial charge >= 0.3 is 0 Å². The molecule has 1 aromatic rings. The molecule has 1 aromatic heterocycles. The van der Waals surface area contributed by atoms with Gasteiger partial charge in [0, 0.05) is 24.9 Å². The number of hydrazine groups is 1. The van der Waals surface area contributed by atoms with Crippen LogP contribution in [0.5, 0.6) is 0 Å². The Labute approximate surface area is 137 Å². The van der Waals surface area contributed by atoms with Crippen LogP contribution in [-0.4, -0.2) is 69.3 Å². The number of nitrogens with zero attached hydrogens (tertiary/aromatic N) is 1. The lowest BCUT2D eigenvalue weighted by Crippen LogP contribution is -2.69. The fourth-order valence-corrected chi connectivity index (χ4v) is 2.35. The molecule has 0 saturated carbocycles. The Hall–Kier alpha value is -2.11. The number of hydrogen-bond donors (Lipinski definition) is 6. The highest BCUT2D eigenvalue weighted by Crippen LogP contribution is 2.19. The van der Waals surface area contributed by atoms with Crippen molar-refractivity contribution in [3.63, 3.8) is 0 Å². The van der Waals surface area contributed by atoms with E-state index < -0.39 is 49.0 Å². The van der Waals surface area contributed by atoms with Gasteiger partial charge in [0.15, 0.2) is 0 Å². The number of aliphatic hydroxyl groups excluding tert-OH is 3. The maximum Gasteiger partial charge on any atom is 0.265 e. The minimum atomic E-state index is -1.39. The minimum Gasteiger partial charge on any atom is -0.394 e. The van der Waals surface area contributed by atoms with Gasteiger partial charge in [-0.15, -0.1) is 0 Å². The molecule has 24 heavy (non-hydrogen) atoms. The SMILES string of the molecule is CC(=O)NC1C(NNC(=O)c2ccncc2)OC(CO)C(O)C1O. The zero-order valence-electron chi connectivity index (χ0n) is 12.9. The van der Waals surface area contributed by atoms with Gasteiger partial charge in [-0.25, -0.2) is 5.43 Å². The molecule has 0 aromatic carbocycles. The van der Waals surface area contributed by atoms with Crippen molar-refractivity contribution < 1.29 is 29.6 Å². The predicted molar refractivity (Wildman–Crippen MR) is 80.2 cm³/mol. The molecule has 2 amide bonds. The molecular formula is C14H20N4O6. The van der Waals surface area contributed by atoms with Crippen LogP contribution in [0.25, 0.3) is 0 Å². The van der Waals surface area contributed by atoms with Crippen LogP contribution < -0.4 is 16.2 Å². The predicted octanol–water partition coefficient (Wildman–Crippen LogP) is -2.74. The van der Waals surface area contributed by atoms with Crippen LogP contribution in [0, 0.1) is 0 Å². The number of rotatable bonds is 5. The fraction of sp³-hybridized carbons (Fsp3) is 0.500. The summed E-state index contributed by atoms with van der Waals surface area (Å²) in [5.41, 5.74) is 5.27. The number of carbonyl (C=O) groups is 2. The Balaban J connectivity index is 2.06. The quantitative estimate of drug-likeness (QED) is 0.316. The van der Waals surface area contributed by atoms with E-state index in [0.29, 0.717) is 5.56 Å². The first-order valence-electron chi connectivity index (χ1n) is 7.29. The lowest BCUT2D eigenvalue weighted by Gasteiger charge is -2.42. The molecule has 0 bridgehead atoms. The molecular weight excluding hydrogens is 320 g/mol. The molecule has 10 nitrogen and oxygen atoms in total. The summed E-state index contributed by atoms with van der Waals surface area (Å²) < 4.78 is 5.41. The standard InChI is InChI=1S/C14H20N4O6/c1-7(20)16-10-12(22)11(21)9(6-19)24-14(10)18-17-13(23)8-2-4-15-5-3-8/h2-5,9-12,14,18-19,21-22H,6H2,1H3,(H,16,20)(H,17,23). The number of pyridine rings is 1. The maximum atomic E-state index is 12.0. The molecule has 1 aliphatic rings. The largest absolute Gasteiger partial charge is 0.394 e. The summed E-state index contributed by atoms with van der Waals surface area (Å²) in [5, 5.41) is 31.7. The number of nitrogens with one attached hydrogen (secondary N) is 3. The van der Waals surface area contributed by atoms with Gasteiger partial charge < -0.3 is 25.4 Å². The van der Waals surface area contributed by atoms with Gasteiger partial charge in [0.25, 0.3) is 5.91 Å². The highest BCUT2D eigenvalue weighted by molar-refractivity contribution is 5.93. The summed E-state index contributed by atoms with van der Waals surface area (Å²) in [5.74, 6) is -0.937. The summed E-state index contributed by atoms with van der Waals surface area (Å²) in [7, 11) is 0. The van der Waals surface area contributed by atoms with E-state index >= 15 is 0 Å². The van der Waals surface area contributed by atoms with Crippen molar-refractivity contribution in [2.75, 3.05) is 6.61 Å². The van der Waals surface area contributed by atoms with Crippen molar-refractivity contribution in [3.05, 3.63) is 30.1 Å². The molecule has 1 aliphatic heterocycles. The summed E-state index contributed by atoms with van der Waals surface area (Å²) in [6.45, 7) is 0.700. The second-order valence-electron chi connectivity index (χ2n) is 5.32. The van der Waals surface area contributed by atoms with Crippen LogP contribution in [0.3, 0.4) is 0 Å². The number of ether oxygens (including phenoxy) is 1. The van der Waals surface area contributed by atoms with Crippen molar-refractivity contribution >= 4 is 11.8 Å². The number of carbonyl (C=O) groups excluding carboxylic acids is 2. The van der Waals surface area contributed by atoms with E-state index in [1.54, 1.807) is 0 Å². The van der Waals surface area contributed by atoms with Crippen LogP contribution in [-0.2, 0) is 9.53 Å². The van der Waals surface area contributed by atoms with Crippen molar-refractivity contribution in [3.8, 4) is 0 Å². The first kappa shape index (κ1) is 18.2. The number of aliphatic hydroxyl groups is 3. The van der Waals surface area contributed by atoms with Gasteiger partial charge in [-0.3, -0.25) is 20.0 Å². The van der Waals surface area contributed by atoms with Crippen LogP contribution in [0.1, 0.15) is 17.3 Å². The molecule has 10 heteroatoms. The molecule has 1 saturated heterocycles. The third-order valence-electron chi connectivity index (χ3n) is 3.57. The van der Waals surface area contributed by atoms with E-state index in [0.717, 1.165) is 0 Å². The minimum absolute atomic E-state index is 0.337.